The van der Waals surface area contributed by atoms with E-state index in [0.717, 1.165) is 4.90 Å². The molecule has 0 N–H and O–H groups in total. The fourth-order valence-electron chi connectivity index (χ4n) is 3.27. The van der Waals surface area contributed by atoms with Crippen LogP contribution in [-0.4, -0.2) is 54.5 Å². The second kappa shape index (κ2) is 7.43. The van der Waals surface area contributed by atoms with Crippen molar-refractivity contribution >= 4 is 40.3 Å². The van der Waals surface area contributed by atoms with Crippen molar-refractivity contribution in [1.29, 1.82) is 0 Å². The third-order valence-electron chi connectivity index (χ3n) is 4.76. The predicted octanol–water partition coefficient (Wildman–Crippen LogP) is -0.960. The van der Waals surface area contributed by atoms with Crippen LogP contribution in [0.15, 0.2) is 23.1 Å². The molecule has 2 aliphatic heterocycles. The number of imide groups is 2. The van der Waals surface area contributed by atoms with Crippen molar-refractivity contribution in [3.63, 3.8) is 0 Å². The van der Waals surface area contributed by atoms with Gasteiger partial charge in [-0.1, -0.05) is 5.06 Å². The summed E-state index contributed by atoms with van der Waals surface area (Å²) in [6.07, 6.45) is 4.97. The molecule has 2 heterocycles. The Morgan fingerprint density at radius 2 is 1.59 bits per heavy atom. The first kappa shape index (κ1) is 19.0. The van der Waals surface area contributed by atoms with Gasteiger partial charge in [0.05, 0.1) is 5.92 Å². The molecule has 0 unspecified atom stereocenters. The van der Waals surface area contributed by atoms with Crippen molar-refractivity contribution < 1.29 is 37.2 Å². The lowest BCUT2D eigenvalue weighted by atomic mass is 9.82. The molecule has 0 aromatic rings. The molecule has 11 heteroatoms. The van der Waals surface area contributed by atoms with Gasteiger partial charge in [0, 0.05) is 24.8 Å². The van der Waals surface area contributed by atoms with Gasteiger partial charge < -0.3 is 4.84 Å². The largest absolute Gasteiger partial charge is 0.336 e. The lowest BCUT2D eigenvalue weighted by Gasteiger charge is -2.29. The van der Waals surface area contributed by atoms with E-state index in [1.54, 1.807) is 0 Å². The average molecular weight is 396 g/mol. The minimum Gasteiger partial charge on any atom is -0.329 e. The number of hydroxylamine groups is 2. The summed E-state index contributed by atoms with van der Waals surface area (Å²) in [6.45, 7) is 0.277. The Balaban J connectivity index is 1.51. The lowest BCUT2D eigenvalue weighted by molar-refractivity contribution is -0.200. The quantitative estimate of drug-likeness (QED) is 0.464. The smallest absolute Gasteiger partial charge is 0.329 e. The average Bonchev–Trinajstić information content (AvgIpc) is 3.10. The third-order valence-corrected chi connectivity index (χ3v) is 5.48. The molecule has 4 amide bonds. The maximum absolute atomic E-state index is 12.2. The summed E-state index contributed by atoms with van der Waals surface area (Å²) in [5, 5.41) is 0.155. The maximum Gasteiger partial charge on any atom is 0.336 e. The van der Waals surface area contributed by atoms with Crippen molar-refractivity contribution in [1.82, 2.24) is 9.96 Å². The topological polar surface area (TPSA) is 135 Å². The molecule has 144 valence electrons. The monoisotopic (exact) mass is 396 g/mol. The van der Waals surface area contributed by atoms with E-state index in [1.807, 2.05) is 0 Å². The van der Waals surface area contributed by atoms with E-state index in [9.17, 15) is 32.4 Å². The molecule has 0 aromatic carbocycles. The van der Waals surface area contributed by atoms with Gasteiger partial charge in [0.25, 0.3) is 17.7 Å². The molecular formula is C16H16N2O8S. The zero-order valence-corrected chi connectivity index (χ0v) is 14.9. The van der Waals surface area contributed by atoms with E-state index in [-0.39, 0.29) is 29.3 Å². The Hall–Kier alpha value is -2.82. The minimum absolute atomic E-state index is 0.0506. The van der Waals surface area contributed by atoms with Crippen LogP contribution in [0.2, 0.25) is 0 Å². The highest BCUT2D eigenvalue weighted by Gasteiger charge is 2.39. The molecular weight excluding hydrogens is 380 g/mol. The van der Waals surface area contributed by atoms with Gasteiger partial charge in [-0.2, -0.15) is 0 Å². The van der Waals surface area contributed by atoms with E-state index < -0.39 is 39.3 Å². The molecule has 0 bridgehead atoms. The van der Waals surface area contributed by atoms with Crippen LogP contribution in [0.1, 0.15) is 25.7 Å². The molecule has 1 aliphatic carbocycles. The SMILES string of the molecule is O=C(ON1C(=O)C=C([SH](=O)=O)C1=O)C1CCC(CN2C(=O)C=CC2=O)CC1. The summed E-state index contributed by atoms with van der Waals surface area (Å²) in [5.41, 5.74) is 0. The fraction of sp³-hybridized carbons (Fsp3) is 0.438. The van der Waals surface area contributed by atoms with Crippen LogP contribution in [-0.2, 0) is 39.5 Å². The predicted molar refractivity (Wildman–Crippen MR) is 87.7 cm³/mol. The van der Waals surface area contributed by atoms with Crippen molar-refractivity contribution in [3.05, 3.63) is 23.1 Å². The van der Waals surface area contributed by atoms with Gasteiger partial charge in [0.15, 0.2) is 10.7 Å². The summed E-state index contributed by atoms with van der Waals surface area (Å²) in [7, 11) is -3.26. The first-order valence-electron chi connectivity index (χ1n) is 8.27. The normalized spacial score (nSPS) is 25.6. The molecule has 0 radical (unpaired) electrons. The van der Waals surface area contributed by atoms with Crippen molar-refractivity contribution in [2.45, 2.75) is 25.7 Å². The van der Waals surface area contributed by atoms with Crippen LogP contribution >= 0.6 is 0 Å². The van der Waals surface area contributed by atoms with Gasteiger partial charge >= 0.3 is 11.9 Å². The van der Waals surface area contributed by atoms with Crippen LogP contribution in [0.3, 0.4) is 0 Å². The number of rotatable bonds is 5. The van der Waals surface area contributed by atoms with Gasteiger partial charge in [-0.25, -0.2) is 13.2 Å². The summed E-state index contributed by atoms with van der Waals surface area (Å²) >= 11 is 0. The van der Waals surface area contributed by atoms with Crippen molar-refractivity contribution in [3.8, 4) is 0 Å². The fourth-order valence-corrected chi connectivity index (χ4v) is 3.74. The van der Waals surface area contributed by atoms with Gasteiger partial charge in [0.1, 0.15) is 4.91 Å². The Morgan fingerprint density at radius 3 is 2.11 bits per heavy atom. The van der Waals surface area contributed by atoms with Crippen LogP contribution in [0.25, 0.3) is 0 Å². The van der Waals surface area contributed by atoms with Crippen LogP contribution in [0.5, 0.6) is 0 Å². The van der Waals surface area contributed by atoms with E-state index in [4.69, 9.17) is 4.84 Å². The molecule has 27 heavy (non-hydrogen) atoms. The Bertz CT molecular complexity index is 838. The minimum atomic E-state index is -3.26. The van der Waals surface area contributed by atoms with Crippen molar-refractivity contribution in [2.24, 2.45) is 11.8 Å². The summed E-state index contributed by atoms with van der Waals surface area (Å²) in [4.78, 5) is 64.0. The molecule has 0 aromatic heterocycles. The second-order valence-electron chi connectivity index (χ2n) is 6.47. The molecule has 10 nitrogen and oxygen atoms in total. The van der Waals surface area contributed by atoms with Crippen LogP contribution < -0.4 is 0 Å². The first-order chi connectivity index (χ1) is 12.8. The molecule has 0 spiro atoms. The summed E-state index contributed by atoms with van der Waals surface area (Å²) < 4.78 is 21.8. The third kappa shape index (κ3) is 3.82. The highest BCUT2D eigenvalue weighted by molar-refractivity contribution is 7.78. The highest BCUT2D eigenvalue weighted by atomic mass is 32.2. The van der Waals surface area contributed by atoms with Gasteiger partial charge in [-0.15, -0.1) is 0 Å². The maximum atomic E-state index is 12.2. The molecule has 0 atom stereocenters. The lowest BCUT2D eigenvalue weighted by Crippen LogP contribution is -2.39. The summed E-state index contributed by atoms with van der Waals surface area (Å²) in [6, 6.07) is 0. The number of carbonyl (C=O) groups excluding carboxylic acids is 5. The standard InChI is InChI=1S/C16H16N2O8S/c19-12-5-6-13(20)17(12)8-9-1-3-10(4-2-9)16(23)26-18-14(21)7-11(15(18)22)27(24)25/h5-7,9-10,27H,1-4,8H2. The Labute approximate surface area is 155 Å². The first-order valence-corrected chi connectivity index (χ1v) is 9.45. The Kier molecular flexibility index (Phi) is 5.22. The highest BCUT2D eigenvalue weighted by Crippen LogP contribution is 2.31. The van der Waals surface area contributed by atoms with E-state index >= 15 is 0 Å². The van der Waals surface area contributed by atoms with E-state index in [0.29, 0.717) is 31.8 Å². The molecule has 3 rings (SSSR count). The van der Waals surface area contributed by atoms with E-state index in [2.05, 4.69) is 0 Å². The molecule has 1 fully saturated rings. The zero-order chi connectivity index (χ0) is 19.7. The zero-order valence-electron chi connectivity index (χ0n) is 14.0. The van der Waals surface area contributed by atoms with Crippen LogP contribution in [0.4, 0.5) is 0 Å². The van der Waals surface area contributed by atoms with Crippen molar-refractivity contribution in [2.75, 3.05) is 6.54 Å². The Morgan fingerprint density at radius 1 is 1.00 bits per heavy atom. The number of thiol groups is 1. The second-order valence-corrected chi connectivity index (χ2v) is 7.47. The van der Waals surface area contributed by atoms with Crippen LogP contribution in [0, 0.1) is 11.8 Å². The molecule has 0 saturated heterocycles. The number of hydrogen-bond acceptors (Lipinski definition) is 8. The van der Waals surface area contributed by atoms with Gasteiger partial charge in [0.2, 0.25) is 0 Å². The number of carbonyl (C=O) groups is 5. The summed E-state index contributed by atoms with van der Waals surface area (Å²) in [5.74, 6) is -4.21. The van der Waals surface area contributed by atoms with Gasteiger partial charge in [-0.3, -0.25) is 24.1 Å². The molecule has 3 aliphatic rings. The van der Waals surface area contributed by atoms with E-state index in [1.165, 1.54) is 12.2 Å². The molecule has 1 saturated carbocycles. The van der Waals surface area contributed by atoms with Gasteiger partial charge in [-0.05, 0) is 31.6 Å². The number of nitrogens with zero attached hydrogens (tertiary/aromatic N) is 2. The number of hydrogen-bond donors (Lipinski definition) is 1. The number of amides is 4.